The van der Waals surface area contributed by atoms with Crippen LogP contribution in [0.1, 0.15) is 36.7 Å². The number of hydrogen-bond donors (Lipinski definition) is 1. The van der Waals surface area contributed by atoms with E-state index in [4.69, 9.17) is 5.10 Å². The number of rotatable bonds is 6. The molecule has 0 radical (unpaired) electrons. The Morgan fingerprint density at radius 1 is 1.04 bits per heavy atom. The zero-order chi connectivity index (χ0) is 19.4. The number of nitrogens with zero attached hydrogens (tertiary/aromatic N) is 5. The molecule has 0 aliphatic carbocycles. The predicted molar refractivity (Wildman–Crippen MR) is 110 cm³/mol. The van der Waals surface area contributed by atoms with Gasteiger partial charge in [0.2, 0.25) is 0 Å². The normalized spacial score (nSPS) is 26.4. The second-order valence-electron chi connectivity index (χ2n) is 8.77. The number of aliphatic hydroxyl groups is 1. The maximum atomic E-state index is 9.87. The molecular formula is C21H39N5O. The van der Waals surface area contributed by atoms with Crippen LogP contribution in [0.5, 0.6) is 0 Å². The predicted octanol–water partition coefficient (Wildman–Crippen LogP) is 1.59. The van der Waals surface area contributed by atoms with Crippen molar-refractivity contribution in [1.29, 1.82) is 0 Å². The quantitative estimate of drug-likeness (QED) is 0.816. The van der Waals surface area contributed by atoms with Crippen molar-refractivity contribution in [2.24, 2.45) is 11.8 Å². The SMILES string of the molecule is CCn1nc(C)c(CN2C[C@H](CO)C[C@@H](CN3CCCN(C)CC3)C2)c1C. The third-order valence-electron chi connectivity index (χ3n) is 6.50. The van der Waals surface area contributed by atoms with Crippen molar-refractivity contribution in [2.75, 3.05) is 59.5 Å². The molecule has 6 nitrogen and oxygen atoms in total. The highest BCUT2D eigenvalue weighted by molar-refractivity contribution is 5.24. The van der Waals surface area contributed by atoms with Gasteiger partial charge in [-0.2, -0.15) is 5.10 Å². The standard InChI is InChI=1S/C21H39N5O/c1-5-26-18(3)21(17(2)22-26)15-25-13-19(11-20(14-25)16-27)12-24-8-6-7-23(4)9-10-24/h19-20,27H,5-16H2,1-4H3/t19-,20+/m0/s1. The van der Waals surface area contributed by atoms with Gasteiger partial charge in [0, 0.05) is 63.7 Å². The first-order valence-electron chi connectivity index (χ1n) is 10.8. The molecule has 2 atom stereocenters. The lowest BCUT2D eigenvalue weighted by Crippen LogP contribution is -2.45. The highest BCUT2D eigenvalue weighted by atomic mass is 16.3. The van der Waals surface area contributed by atoms with Gasteiger partial charge in [0.05, 0.1) is 5.69 Å². The zero-order valence-corrected chi connectivity index (χ0v) is 17.8. The maximum absolute atomic E-state index is 9.87. The van der Waals surface area contributed by atoms with E-state index in [-0.39, 0.29) is 0 Å². The Bertz CT molecular complexity index is 602. The van der Waals surface area contributed by atoms with E-state index in [2.05, 4.69) is 47.2 Å². The fraction of sp³-hybridized carbons (Fsp3) is 0.857. The van der Waals surface area contributed by atoms with Crippen LogP contribution in [0.4, 0.5) is 0 Å². The van der Waals surface area contributed by atoms with Crippen LogP contribution in [0, 0.1) is 25.7 Å². The van der Waals surface area contributed by atoms with Gasteiger partial charge >= 0.3 is 0 Å². The average molecular weight is 378 g/mol. The molecule has 0 saturated carbocycles. The van der Waals surface area contributed by atoms with Crippen molar-refractivity contribution >= 4 is 0 Å². The molecule has 1 N–H and O–H groups in total. The first-order valence-corrected chi connectivity index (χ1v) is 10.8. The highest BCUT2D eigenvalue weighted by Crippen LogP contribution is 2.26. The van der Waals surface area contributed by atoms with Crippen LogP contribution < -0.4 is 0 Å². The van der Waals surface area contributed by atoms with Crippen molar-refractivity contribution in [3.8, 4) is 0 Å². The minimum Gasteiger partial charge on any atom is -0.396 e. The molecule has 2 saturated heterocycles. The maximum Gasteiger partial charge on any atom is 0.0641 e. The summed E-state index contributed by atoms with van der Waals surface area (Å²) in [4.78, 5) is 7.66. The van der Waals surface area contributed by atoms with Crippen LogP contribution in [0.3, 0.4) is 0 Å². The Labute approximate surface area is 165 Å². The summed E-state index contributed by atoms with van der Waals surface area (Å²) in [6.07, 6.45) is 2.43. The van der Waals surface area contributed by atoms with Gasteiger partial charge in [-0.05, 0) is 65.6 Å². The van der Waals surface area contributed by atoms with E-state index in [1.165, 1.54) is 50.4 Å². The molecule has 2 aliphatic rings. The molecule has 27 heavy (non-hydrogen) atoms. The van der Waals surface area contributed by atoms with Crippen LogP contribution >= 0.6 is 0 Å². The topological polar surface area (TPSA) is 47.8 Å². The number of aliphatic hydroxyl groups excluding tert-OH is 1. The van der Waals surface area contributed by atoms with Crippen molar-refractivity contribution in [2.45, 2.75) is 46.7 Å². The largest absolute Gasteiger partial charge is 0.396 e. The van der Waals surface area contributed by atoms with Crippen molar-refractivity contribution in [3.05, 3.63) is 17.0 Å². The summed E-state index contributed by atoms with van der Waals surface area (Å²) in [5.74, 6) is 1.06. The van der Waals surface area contributed by atoms with Crippen LogP contribution in [-0.4, -0.2) is 89.1 Å². The lowest BCUT2D eigenvalue weighted by molar-refractivity contribution is 0.0625. The fourth-order valence-electron chi connectivity index (χ4n) is 4.96. The van der Waals surface area contributed by atoms with E-state index in [1.54, 1.807) is 0 Å². The lowest BCUT2D eigenvalue weighted by atomic mass is 9.88. The number of aryl methyl sites for hydroxylation is 2. The summed E-state index contributed by atoms with van der Waals surface area (Å²) < 4.78 is 2.11. The van der Waals surface area contributed by atoms with Gasteiger partial charge in [-0.1, -0.05) is 0 Å². The van der Waals surface area contributed by atoms with Crippen LogP contribution in [0.25, 0.3) is 0 Å². The van der Waals surface area contributed by atoms with E-state index < -0.39 is 0 Å². The first-order chi connectivity index (χ1) is 13.0. The van der Waals surface area contributed by atoms with Crippen LogP contribution in [0.2, 0.25) is 0 Å². The average Bonchev–Trinajstić information content (AvgIpc) is 2.80. The smallest absolute Gasteiger partial charge is 0.0641 e. The zero-order valence-electron chi connectivity index (χ0n) is 17.8. The molecule has 0 amide bonds. The summed E-state index contributed by atoms with van der Waals surface area (Å²) in [6.45, 7) is 16.8. The Morgan fingerprint density at radius 3 is 2.52 bits per heavy atom. The van der Waals surface area contributed by atoms with E-state index in [9.17, 15) is 5.11 Å². The summed E-state index contributed by atoms with van der Waals surface area (Å²) >= 11 is 0. The lowest BCUT2D eigenvalue weighted by Gasteiger charge is -2.39. The summed E-state index contributed by atoms with van der Waals surface area (Å²) in [6, 6.07) is 0. The van der Waals surface area contributed by atoms with E-state index in [0.29, 0.717) is 18.4 Å². The van der Waals surface area contributed by atoms with E-state index in [1.807, 2.05) is 0 Å². The van der Waals surface area contributed by atoms with Crippen molar-refractivity contribution in [1.82, 2.24) is 24.5 Å². The number of likely N-dealkylation sites (tertiary alicyclic amines) is 1. The van der Waals surface area contributed by atoms with Gasteiger partial charge in [-0.15, -0.1) is 0 Å². The molecule has 2 fully saturated rings. The third kappa shape index (κ3) is 5.31. The van der Waals surface area contributed by atoms with Gasteiger partial charge < -0.3 is 14.9 Å². The fourth-order valence-corrected chi connectivity index (χ4v) is 4.96. The van der Waals surface area contributed by atoms with E-state index >= 15 is 0 Å². The van der Waals surface area contributed by atoms with Gasteiger partial charge in [-0.25, -0.2) is 0 Å². The molecule has 3 rings (SSSR count). The van der Waals surface area contributed by atoms with Gasteiger partial charge in [0.25, 0.3) is 0 Å². The first kappa shape index (κ1) is 20.8. The van der Waals surface area contributed by atoms with E-state index in [0.717, 1.165) is 38.3 Å². The molecule has 1 aromatic heterocycles. The second-order valence-corrected chi connectivity index (χ2v) is 8.77. The molecule has 3 heterocycles. The Hall–Kier alpha value is -0.950. The highest BCUT2D eigenvalue weighted by Gasteiger charge is 2.29. The molecular weight excluding hydrogens is 338 g/mol. The van der Waals surface area contributed by atoms with Gasteiger partial charge in [0.15, 0.2) is 0 Å². The van der Waals surface area contributed by atoms with Crippen LogP contribution in [0.15, 0.2) is 0 Å². The number of aromatic nitrogens is 2. The monoisotopic (exact) mass is 377 g/mol. The minimum absolute atomic E-state index is 0.307. The number of likely N-dealkylation sites (N-methyl/N-ethyl adjacent to an activating group) is 1. The Morgan fingerprint density at radius 2 is 1.81 bits per heavy atom. The summed E-state index contributed by atoms with van der Waals surface area (Å²) in [5.41, 5.74) is 3.84. The molecule has 2 aliphatic heterocycles. The third-order valence-corrected chi connectivity index (χ3v) is 6.50. The molecule has 0 unspecified atom stereocenters. The Kier molecular flexibility index (Phi) is 7.31. The van der Waals surface area contributed by atoms with Crippen molar-refractivity contribution < 1.29 is 5.11 Å². The number of piperidine rings is 1. The Balaban J connectivity index is 1.63. The molecule has 0 spiro atoms. The molecule has 154 valence electrons. The molecule has 0 aromatic carbocycles. The molecule has 0 bridgehead atoms. The summed E-state index contributed by atoms with van der Waals surface area (Å²) in [5, 5.41) is 14.6. The van der Waals surface area contributed by atoms with Gasteiger partial charge in [0.1, 0.15) is 0 Å². The molecule has 6 heteroatoms. The summed E-state index contributed by atoms with van der Waals surface area (Å²) in [7, 11) is 2.23. The minimum atomic E-state index is 0.307. The number of hydrogen-bond acceptors (Lipinski definition) is 5. The molecule has 1 aromatic rings. The second kappa shape index (κ2) is 9.50. The van der Waals surface area contributed by atoms with Crippen LogP contribution in [-0.2, 0) is 13.1 Å². The van der Waals surface area contributed by atoms with Crippen molar-refractivity contribution in [3.63, 3.8) is 0 Å². The van der Waals surface area contributed by atoms with Gasteiger partial charge in [-0.3, -0.25) is 9.58 Å².